The summed E-state index contributed by atoms with van der Waals surface area (Å²) in [5.74, 6) is 0.00152. The van der Waals surface area contributed by atoms with Crippen LogP contribution >= 0.6 is 0 Å². The molecule has 0 fully saturated rings. The average Bonchev–Trinajstić information content (AvgIpc) is 3.23. The number of rotatable bonds is 8. The Morgan fingerprint density at radius 3 is 2.26 bits per heavy atom. The minimum absolute atomic E-state index is 0.416. The van der Waals surface area contributed by atoms with Crippen LogP contribution in [0.3, 0.4) is 0 Å². The lowest BCUT2D eigenvalue weighted by molar-refractivity contribution is -0.152. The fourth-order valence-corrected chi connectivity index (χ4v) is 3.39. The molecule has 0 saturated carbocycles. The van der Waals surface area contributed by atoms with Crippen molar-refractivity contribution in [3.05, 3.63) is 84.1 Å². The molecular formula is C26H23F3N2O4. The SMILES string of the molecule is CC(C)(Oc1ccc(OCCc2ccc3nn(-c4ccc(C(F)(F)F)cc4)cc3c2)cc1)C(=O)O. The van der Waals surface area contributed by atoms with Gasteiger partial charge in [-0.05, 0) is 80.1 Å². The van der Waals surface area contributed by atoms with Crippen molar-refractivity contribution < 1.29 is 32.5 Å². The smallest absolute Gasteiger partial charge is 0.416 e. The summed E-state index contributed by atoms with van der Waals surface area (Å²) in [5, 5.41) is 14.5. The van der Waals surface area contributed by atoms with Gasteiger partial charge in [0.2, 0.25) is 0 Å². The summed E-state index contributed by atoms with van der Waals surface area (Å²) < 4.78 is 51.2. The molecule has 0 saturated heterocycles. The van der Waals surface area contributed by atoms with E-state index in [0.717, 1.165) is 28.6 Å². The minimum Gasteiger partial charge on any atom is -0.493 e. The van der Waals surface area contributed by atoms with Gasteiger partial charge in [-0.2, -0.15) is 18.3 Å². The Bertz CT molecular complexity index is 1330. The number of halogens is 3. The largest absolute Gasteiger partial charge is 0.493 e. The van der Waals surface area contributed by atoms with Gasteiger partial charge in [0.25, 0.3) is 0 Å². The van der Waals surface area contributed by atoms with Crippen LogP contribution in [0, 0.1) is 0 Å². The van der Waals surface area contributed by atoms with Crippen molar-refractivity contribution in [2.24, 2.45) is 0 Å². The average molecular weight is 484 g/mol. The lowest BCUT2D eigenvalue weighted by atomic mass is 10.1. The molecule has 4 rings (SSSR count). The first-order chi connectivity index (χ1) is 16.5. The Morgan fingerprint density at radius 2 is 1.63 bits per heavy atom. The molecule has 182 valence electrons. The van der Waals surface area contributed by atoms with Gasteiger partial charge in [-0.3, -0.25) is 0 Å². The molecule has 0 radical (unpaired) electrons. The normalized spacial score (nSPS) is 12.0. The first-order valence-corrected chi connectivity index (χ1v) is 10.8. The van der Waals surface area contributed by atoms with E-state index in [1.54, 1.807) is 35.1 Å². The van der Waals surface area contributed by atoms with Gasteiger partial charge in [-0.1, -0.05) is 6.07 Å². The number of carbonyl (C=O) groups is 1. The molecule has 0 amide bonds. The maximum Gasteiger partial charge on any atom is 0.416 e. The molecule has 4 aromatic rings. The highest BCUT2D eigenvalue weighted by molar-refractivity contribution is 5.79. The molecule has 0 aliphatic carbocycles. The summed E-state index contributed by atoms with van der Waals surface area (Å²) >= 11 is 0. The van der Waals surface area contributed by atoms with Gasteiger partial charge in [0.05, 0.1) is 23.4 Å². The van der Waals surface area contributed by atoms with Crippen LogP contribution in [0.2, 0.25) is 0 Å². The molecule has 3 aromatic carbocycles. The topological polar surface area (TPSA) is 73.6 Å². The molecule has 0 aliphatic rings. The summed E-state index contributed by atoms with van der Waals surface area (Å²) in [5.41, 5.74) is 0.258. The Balaban J connectivity index is 1.37. The second-order valence-electron chi connectivity index (χ2n) is 8.50. The van der Waals surface area contributed by atoms with Crippen molar-refractivity contribution in [3.8, 4) is 17.2 Å². The van der Waals surface area contributed by atoms with E-state index >= 15 is 0 Å². The van der Waals surface area contributed by atoms with Crippen LogP contribution in [-0.4, -0.2) is 33.1 Å². The van der Waals surface area contributed by atoms with E-state index in [9.17, 15) is 18.0 Å². The zero-order valence-electron chi connectivity index (χ0n) is 19.0. The van der Waals surface area contributed by atoms with Crippen molar-refractivity contribution in [3.63, 3.8) is 0 Å². The fraction of sp³-hybridized carbons (Fsp3) is 0.231. The Labute approximate surface area is 199 Å². The minimum atomic E-state index is -4.38. The number of fused-ring (bicyclic) bond motifs is 1. The predicted molar refractivity (Wildman–Crippen MR) is 124 cm³/mol. The molecule has 6 nitrogen and oxygen atoms in total. The second-order valence-corrected chi connectivity index (χ2v) is 8.50. The number of ether oxygens (including phenoxy) is 2. The van der Waals surface area contributed by atoms with Gasteiger partial charge < -0.3 is 14.6 Å². The van der Waals surface area contributed by atoms with Crippen LogP contribution in [0.15, 0.2) is 72.9 Å². The molecule has 1 heterocycles. The van der Waals surface area contributed by atoms with Crippen molar-refractivity contribution >= 4 is 16.9 Å². The van der Waals surface area contributed by atoms with Gasteiger partial charge in [0, 0.05) is 18.0 Å². The Kier molecular flexibility index (Phi) is 6.43. The predicted octanol–water partition coefficient (Wildman–Crippen LogP) is 5.91. The lowest BCUT2D eigenvalue weighted by Crippen LogP contribution is -2.37. The number of benzene rings is 3. The molecule has 0 aliphatic heterocycles. The van der Waals surface area contributed by atoms with Gasteiger partial charge in [-0.15, -0.1) is 0 Å². The van der Waals surface area contributed by atoms with Crippen LogP contribution in [0.1, 0.15) is 25.0 Å². The van der Waals surface area contributed by atoms with Crippen molar-refractivity contribution in [1.82, 2.24) is 9.78 Å². The third-order valence-electron chi connectivity index (χ3n) is 5.40. The van der Waals surface area contributed by atoms with E-state index in [4.69, 9.17) is 14.6 Å². The van der Waals surface area contributed by atoms with Crippen LogP contribution in [-0.2, 0) is 17.4 Å². The Morgan fingerprint density at radius 1 is 0.971 bits per heavy atom. The molecule has 0 unspecified atom stereocenters. The highest BCUT2D eigenvalue weighted by Gasteiger charge is 2.30. The summed E-state index contributed by atoms with van der Waals surface area (Å²) in [7, 11) is 0. The molecule has 1 N–H and O–H groups in total. The number of alkyl halides is 3. The Hall–Kier alpha value is -4.01. The van der Waals surface area contributed by atoms with E-state index in [1.165, 1.54) is 26.0 Å². The molecule has 1 aromatic heterocycles. The van der Waals surface area contributed by atoms with E-state index < -0.39 is 23.3 Å². The number of nitrogens with zero attached hydrogens (tertiary/aromatic N) is 2. The van der Waals surface area contributed by atoms with Gasteiger partial charge in [0.15, 0.2) is 5.60 Å². The van der Waals surface area contributed by atoms with Crippen molar-refractivity contribution in [1.29, 1.82) is 0 Å². The van der Waals surface area contributed by atoms with Gasteiger partial charge in [-0.25, -0.2) is 9.48 Å². The van der Waals surface area contributed by atoms with E-state index in [-0.39, 0.29) is 0 Å². The molecular weight excluding hydrogens is 461 g/mol. The van der Waals surface area contributed by atoms with Crippen LogP contribution in [0.5, 0.6) is 11.5 Å². The first-order valence-electron chi connectivity index (χ1n) is 10.8. The molecule has 9 heteroatoms. The van der Waals surface area contributed by atoms with E-state index in [1.807, 2.05) is 18.2 Å². The fourth-order valence-electron chi connectivity index (χ4n) is 3.39. The number of carboxylic acid groups (broad SMARTS) is 1. The summed E-state index contributed by atoms with van der Waals surface area (Å²) in [6, 6.07) is 17.4. The molecule has 0 bridgehead atoms. The maximum absolute atomic E-state index is 12.8. The maximum atomic E-state index is 12.8. The number of hydrogen-bond acceptors (Lipinski definition) is 4. The quantitative estimate of drug-likeness (QED) is 0.337. The third kappa shape index (κ3) is 5.74. The molecule has 0 spiro atoms. The van der Waals surface area contributed by atoms with Crippen molar-refractivity contribution in [2.75, 3.05) is 6.61 Å². The number of aromatic nitrogens is 2. The third-order valence-corrected chi connectivity index (χ3v) is 5.40. The van der Waals surface area contributed by atoms with Crippen LogP contribution < -0.4 is 9.47 Å². The highest BCUT2D eigenvalue weighted by atomic mass is 19.4. The number of hydrogen-bond donors (Lipinski definition) is 1. The number of carboxylic acids is 1. The van der Waals surface area contributed by atoms with Crippen LogP contribution in [0.4, 0.5) is 13.2 Å². The monoisotopic (exact) mass is 484 g/mol. The number of aliphatic carboxylic acids is 1. The summed E-state index contributed by atoms with van der Waals surface area (Å²) in [6.45, 7) is 3.37. The van der Waals surface area contributed by atoms with E-state index in [2.05, 4.69) is 5.10 Å². The highest BCUT2D eigenvalue weighted by Crippen LogP contribution is 2.30. The van der Waals surface area contributed by atoms with E-state index in [0.29, 0.717) is 30.2 Å². The van der Waals surface area contributed by atoms with Crippen LogP contribution in [0.25, 0.3) is 16.6 Å². The molecule has 0 atom stereocenters. The zero-order chi connectivity index (χ0) is 25.2. The van der Waals surface area contributed by atoms with Gasteiger partial charge in [0.1, 0.15) is 11.5 Å². The first kappa shape index (κ1) is 24.1. The zero-order valence-corrected chi connectivity index (χ0v) is 19.0. The van der Waals surface area contributed by atoms with Crippen molar-refractivity contribution in [2.45, 2.75) is 32.0 Å². The standard InChI is InChI=1S/C26H23F3N2O4/c1-25(2,24(32)33)35-22-10-8-21(9-11-22)34-14-13-17-3-12-23-18(15-17)16-31(30-23)20-6-4-19(5-7-20)26(27,28)29/h3-12,15-16H,13-14H2,1-2H3,(H,32,33). The second kappa shape index (κ2) is 9.32. The lowest BCUT2D eigenvalue weighted by Gasteiger charge is -2.21. The summed E-state index contributed by atoms with van der Waals surface area (Å²) in [6.07, 6.45) is -1.97. The summed E-state index contributed by atoms with van der Waals surface area (Å²) in [4.78, 5) is 11.2. The van der Waals surface area contributed by atoms with Gasteiger partial charge >= 0.3 is 12.1 Å². The molecule has 35 heavy (non-hydrogen) atoms.